The van der Waals surface area contributed by atoms with Crippen molar-refractivity contribution in [2.45, 2.75) is 96.9 Å². The first-order chi connectivity index (χ1) is 18.0. The van der Waals surface area contributed by atoms with Gasteiger partial charge >= 0.3 is 20.8 Å². The Hall–Kier alpha value is -0.860. The lowest BCUT2D eigenvalue weighted by Gasteiger charge is -2.59. The van der Waals surface area contributed by atoms with Crippen LogP contribution in [-0.2, 0) is 29.2 Å². The Morgan fingerprint density at radius 3 is 2.36 bits per heavy atom. The molecular weight excluding hydrogens is 548 g/mol. The summed E-state index contributed by atoms with van der Waals surface area (Å²) in [6.07, 6.45) is 5.67. The van der Waals surface area contributed by atoms with Gasteiger partial charge in [-0.3, -0.25) is 9.11 Å². The summed E-state index contributed by atoms with van der Waals surface area (Å²) in [7, 11) is -9.26. The molecule has 4 aliphatic carbocycles. The Morgan fingerprint density at radius 1 is 1.05 bits per heavy atom. The fraction of sp³-hybridized carbons (Fsp3) is 0.852. The zero-order valence-corrected chi connectivity index (χ0v) is 24.7. The minimum absolute atomic E-state index is 0.0752. The summed E-state index contributed by atoms with van der Waals surface area (Å²) in [6.45, 7) is 9.88. The van der Waals surface area contributed by atoms with Crippen LogP contribution < -0.4 is 0 Å². The fourth-order valence-electron chi connectivity index (χ4n) is 8.97. The second-order valence-electron chi connectivity index (χ2n) is 12.9. The Morgan fingerprint density at radius 2 is 1.74 bits per heavy atom. The largest absolute Gasteiger partial charge is 0.397 e. The van der Waals surface area contributed by atoms with Crippen LogP contribution in [0.5, 0.6) is 0 Å². The molecule has 0 bridgehead atoms. The molecule has 10 nitrogen and oxygen atoms in total. The van der Waals surface area contributed by atoms with Crippen LogP contribution in [0.2, 0.25) is 0 Å². The van der Waals surface area contributed by atoms with Crippen LogP contribution >= 0.6 is 0 Å². The normalized spacial score (nSPS) is 40.1. The second kappa shape index (κ2) is 11.1. The van der Waals surface area contributed by atoms with Gasteiger partial charge in [0.1, 0.15) is 12.2 Å². The molecule has 0 aliphatic heterocycles. The standard InChI is InChI=1S/C27H44O10S2/c1-16(2)23(28)10-5-17(15-36-38(30,31)32)19-8-9-20-18-6-7-22-25(29)24(37-39(33,34)35)12-14-27(22,4)21(18)11-13-26(19,20)3/h7,17-21,23-25,28-29H,1,5-6,8-15H2,2-4H3,(H,30,31,32)(H,33,34,35)/t17-,18-,19+,20+,21-,23-,24+,25+,26+,27+/m0/s1. The van der Waals surface area contributed by atoms with Crippen LogP contribution in [0.4, 0.5) is 0 Å². The maximum absolute atomic E-state index is 11.4. The molecule has 0 heterocycles. The van der Waals surface area contributed by atoms with Gasteiger partial charge in [0, 0.05) is 0 Å². The summed E-state index contributed by atoms with van der Waals surface area (Å²) >= 11 is 0. The first-order valence-corrected chi connectivity index (χ1v) is 16.7. The predicted molar refractivity (Wildman–Crippen MR) is 144 cm³/mol. The van der Waals surface area contributed by atoms with E-state index in [0.717, 1.165) is 37.7 Å². The highest BCUT2D eigenvalue weighted by Crippen LogP contribution is 2.67. The lowest BCUT2D eigenvalue weighted by atomic mass is 9.46. The van der Waals surface area contributed by atoms with E-state index in [2.05, 4.69) is 20.4 Å². The Kier molecular flexibility index (Phi) is 8.84. The van der Waals surface area contributed by atoms with E-state index in [1.807, 2.05) is 6.08 Å². The number of hydrogen-bond donors (Lipinski definition) is 4. The van der Waals surface area contributed by atoms with Gasteiger partial charge in [-0.1, -0.05) is 32.1 Å². The van der Waals surface area contributed by atoms with Crippen molar-refractivity contribution in [3.05, 3.63) is 23.8 Å². The van der Waals surface area contributed by atoms with Gasteiger partial charge in [-0.05, 0) is 111 Å². The summed E-state index contributed by atoms with van der Waals surface area (Å²) in [4.78, 5) is 0. The molecule has 0 unspecified atom stereocenters. The van der Waals surface area contributed by atoms with Crippen molar-refractivity contribution in [1.82, 2.24) is 0 Å². The number of aliphatic hydroxyl groups is 2. The average Bonchev–Trinajstić information content (AvgIpc) is 3.16. The molecule has 0 amide bonds. The number of allylic oxidation sites excluding steroid dienone is 1. The van der Waals surface area contributed by atoms with Gasteiger partial charge < -0.3 is 10.2 Å². The molecule has 39 heavy (non-hydrogen) atoms. The third kappa shape index (κ3) is 6.33. The highest BCUT2D eigenvalue weighted by atomic mass is 32.3. The molecule has 4 N–H and O–H groups in total. The van der Waals surface area contributed by atoms with Crippen LogP contribution in [0.1, 0.15) is 78.6 Å². The van der Waals surface area contributed by atoms with Gasteiger partial charge in [0.2, 0.25) is 0 Å². The van der Waals surface area contributed by atoms with Crippen LogP contribution in [0.25, 0.3) is 0 Å². The molecule has 4 aliphatic rings. The molecule has 3 saturated carbocycles. The first-order valence-electron chi connectivity index (χ1n) is 14.0. The first kappa shape index (κ1) is 31.1. The molecule has 3 fully saturated rings. The third-order valence-corrected chi connectivity index (χ3v) is 11.8. The average molecular weight is 593 g/mol. The van der Waals surface area contributed by atoms with E-state index in [0.29, 0.717) is 49.0 Å². The molecule has 0 saturated heterocycles. The molecule has 224 valence electrons. The maximum atomic E-state index is 11.4. The SMILES string of the molecule is C=C(C)[C@@H](O)CC[C@@H](COS(=O)(=O)O)[C@H]1CC[C@@H]2[C@@H]3CC=C4[C@@H](O)[C@H](OS(=O)(=O)O)CC[C@]4(C)[C@H]3CC[C@]12C. The van der Waals surface area contributed by atoms with Crippen molar-refractivity contribution in [3.63, 3.8) is 0 Å². The monoisotopic (exact) mass is 592 g/mol. The molecule has 10 atom stereocenters. The summed E-state index contributed by atoms with van der Waals surface area (Å²) in [5.74, 6) is 1.03. The van der Waals surface area contributed by atoms with E-state index in [1.165, 1.54) is 0 Å². The number of hydrogen-bond acceptors (Lipinski definition) is 8. The van der Waals surface area contributed by atoms with Crippen molar-refractivity contribution in [1.29, 1.82) is 0 Å². The fourth-order valence-corrected chi connectivity index (χ4v) is 9.83. The highest BCUT2D eigenvalue weighted by molar-refractivity contribution is 7.81. The van der Waals surface area contributed by atoms with Crippen molar-refractivity contribution in [2.75, 3.05) is 6.61 Å². The summed E-state index contributed by atoms with van der Waals surface area (Å²) in [5, 5.41) is 21.4. The van der Waals surface area contributed by atoms with Crippen molar-refractivity contribution in [2.24, 2.45) is 40.4 Å². The summed E-state index contributed by atoms with van der Waals surface area (Å²) < 4.78 is 73.6. The van der Waals surface area contributed by atoms with Gasteiger partial charge in [0.05, 0.1) is 12.7 Å². The van der Waals surface area contributed by atoms with E-state index < -0.39 is 39.1 Å². The maximum Gasteiger partial charge on any atom is 0.397 e. The van der Waals surface area contributed by atoms with Gasteiger partial charge in [-0.15, -0.1) is 0 Å². The van der Waals surface area contributed by atoms with Crippen LogP contribution in [0, 0.1) is 40.4 Å². The number of fused-ring (bicyclic) bond motifs is 5. The summed E-state index contributed by atoms with van der Waals surface area (Å²) in [5.41, 5.74) is 1.07. The topological polar surface area (TPSA) is 168 Å². The van der Waals surface area contributed by atoms with Gasteiger partial charge in [0.25, 0.3) is 0 Å². The van der Waals surface area contributed by atoms with Crippen LogP contribution in [-0.4, -0.2) is 61.1 Å². The van der Waals surface area contributed by atoms with E-state index in [1.54, 1.807) is 6.92 Å². The molecule has 0 radical (unpaired) electrons. The molecule has 0 aromatic carbocycles. The van der Waals surface area contributed by atoms with E-state index in [9.17, 15) is 31.6 Å². The minimum Gasteiger partial charge on any atom is -0.389 e. The van der Waals surface area contributed by atoms with Gasteiger partial charge in [0.15, 0.2) is 0 Å². The predicted octanol–water partition coefficient (Wildman–Crippen LogP) is 3.88. The number of rotatable bonds is 10. The summed E-state index contributed by atoms with van der Waals surface area (Å²) in [6, 6.07) is 0. The Bertz CT molecular complexity index is 1180. The Labute approximate surface area is 232 Å². The molecule has 0 spiro atoms. The second-order valence-corrected chi connectivity index (χ2v) is 15.0. The molecular formula is C27H44O10S2. The minimum atomic E-state index is -4.67. The van der Waals surface area contributed by atoms with Crippen LogP contribution in [0.15, 0.2) is 23.8 Å². The smallest absolute Gasteiger partial charge is 0.389 e. The van der Waals surface area contributed by atoms with Gasteiger partial charge in [-0.2, -0.15) is 16.8 Å². The quantitative estimate of drug-likeness (QED) is 0.216. The van der Waals surface area contributed by atoms with E-state index in [-0.39, 0.29) is 29.3 Å². The lowest BCUT2D eigenvalue weighted by molar-refractivity contribution is -0.0791. The molecule has 0 aromatic rings. The Balaban J connectivity index is 1.56. The highest BCUT2D eigenvalue weighted by Gasteiger charge is 2.60. The third-order valence-electron chi connectivity index (χ3n) is 10.8. The zero-order valence-electron chi connectivity index (χ0n) is 23.0. The van der Waals surface area contributed by atoms with Crippen molar-refractivity contribution in [3.8, 4) is 0 Å². The van der Waals surface area contributed by atoms with E-state index in [4.69, 9.17) is 12.9 Å². The van der Waals surface area contributed by atoms with E-state index >= 15 is 0 Å². The zero-order chi connectivity index (χ0) is 29.0. The molecule has 4 rings (SSSR count). The van der Waals surface area contributed by atoms with Crippen molar-refractivity contribution >= 4 is 20.8 Å². The lowest BCUT2D eigenvalue weighted by Crippen LogP contribution is -2.54. The molecule has 0 aromatic heterocycles. The number of aliphatic hydroxyl groups excluding tert-OH is 2. The van der Waals surface area contributed by atoms with Gasteiger partial charge in [-0.25, -0.2) is 8.37 Å². The van der Waals surface area contributed by atoms with Crippen molar-refractivity contribution < 1.29 is 44.5 Å². The molecule has 12 heteroatoms. The van der Waals surface area contributed by atoms with Crippen LogP contribution in [0.3, 0.4) is 0 Å².